The highest BCUT2D eigenvalue weighted by atomic mass is 35.5. The van der Waals surface area contributed by atoms with Crippen LogP contribution < -0.4 is 4.74 Å². The summed E-state index contributed by atoms with van der Waals surface area (Å²) in [6.45, 7) is 0. The molecule has 2 rings (SSSR count). The minimum Gasteiger partial charge on any atom is -0.497 e. The fourth-order valence-electron chi connectivity index (χ4n) is 1.71. The van der Waals surface area contributed by atoms with Crippen molar-refractivity contribution >= 4 is 29.2 Å². The van der Waals surface area contributed by atoms with Gasteiger partial charge in [-0.3, -0.25) is 0 Å². The lowest BCUT2D eigenvalue weighted by Gasteiger charge is -2.08. The van der Waals surface area contributed by atoms with Gasteiger partial charge in [0.2, 0.25) is 0 Å². The van der Waals surface area contributed by atoms with Crippen LogP contribution in [0.1, 0.15) is 10.4 Å². The molecule has 0 aliphatic heterocycles. The van der Waals surface area contributed by atoms with Crippen LogP contribution in [-0.4, -0.2) is 18.2 Å². The van der Waals surface area contributed by atoms with E-state index < -0.39 is 5.97 Å². The second kappa shape index (κ2) is 5.51. The van der Waals surface area contributed by atoms with Gasteiger partial charge in [-0.05, 0) is 35.9 Å². The molecule has 0 atom stereocenters. The minimum atomic E-state index is -1.06. The highest BCUT2D eigenvalue weighted by molar-refractivity contribution is 6.35. The van der Waals surface area contributed by atoms with E-state index in [2.05, 4.69) is 0 Å². The molecule has 0 amide bonds. The number of carbonyl (C=O) groups is 1. The molecular formula is C14H10Cl2O3. The number of ether oxygens (including phenoxy) is 1. The van der Waals surface area contributed by atoms with Crippen molar-refractivity contribution in [2.45, 2.75) is 0 Å². The van der Waals surface area contributed by atoms with Crippen LogP contribution in [0.4, 0.5) is 0 Å². The topological polar surface area (TPSA) is 46.5 Å². The van der Waals surface area contributed by atoms with E-state index >= 15 is 0 Å². The van der Waals surface area contributed by atoms with Gasteiger partial charge in [0.25, 0.3) is 0 Å². The van der Waals surface area contributed by atoms with E-state index in [1.165, 1.54) is 6.07 Å². The van der Waals surface area contributed by atoms with Crippen molar-refractivity contribution in [3.05, 3.63) is 52.0 Å². The number of carboxylic acids is 1. The molecule has 1 N–H and O–H groups in total. The molecule has 0 unspecified atom stereocenters. The van der Waals surface area contributed by atoms with Crippen molar-refractivity contribution in [2.75, 3.05) is 7.11 Å². The Balaban J connectivity index is 2.53. The van der Waals surface area contributed by atoms with Crippen molar-refractivity contribution in [3.8, 4) is 16.9 Å². The zero-order valence-electron chi connectivity index (χ0n) is 9.98. The summed E-state index contributed by atoms with van der Waals surface area (Å²) < 4.78 is 5.14. The van der Waals surface area contributed by atoms with Crippen LogP contribution in [0.3, 0.4) is 0 Å². The van der Waals surface area contributed by atoms with E-state index in [1.807, 2.05) is 0 Å². The van der Waals surface area contributed by atoms with E-state index in [4.69, 9.17) is 33.0 Å². The van der Waals surface area contributed by atoms with Gasteiger partial charge in [-0.25, -0.2) is 4.79 Å². The molecule has 0 saturated heterocycles. The quantitative estimate of drug-likeness (QED) is 0.915. The summed E-state index contributed by atoms with van der Waals surface area (Å²) in [6.07, 6.45) is 0. The van der Waals surface area contributed by atoms with Gasteiger partial charge in [0.1, 0.15) is 5.75 Å². The predicted molar refractivity (Wildman–Crippen MR) is 75.4 cm³/mol. The first-order valence-electron chi connectivity index (χ1n) is 5.39. The Morgan fingerprint density at radius 3 is 2.42 bits per heavy atom. The Bertz CT molecular complexity index is 639. The maximum Gasteiger partial charge on any atom is 0.337 e. The van der Waals surface area contributed by atoms with Crippen molar-refractivity contribution in [1.29, 1.82) is 0 Å². The van der Waals surface area contributed by atoms with Crippen LogP contribution in [0.25, 0.3) is 11.1 Å². The van der Waals surface area contributed by atoms with Gasteiger partial charge in [-0.15, -0.1) is 0 Å². The Morgan fingerprint density at radius 2 is 1.84 bits per heavy atom. The van der Waals surface area contributed by atoms with Crippen LogP contribution in [-0.2, 0) is 0 Å². The van der Waals surface area contributed by atoms with Gasteiger partial charge in [0.05, 0.1) is 17.7 Å². The highest BCUT2D eigenvalue weighted by Gasteiger charge is 2.11. The van der Waals surface area contributed by atoms with Gasteiger partial charge in [0.15, 0.2) is 0 Å². The number of rotatable bonds is 3. The SMILES string of the molecule is COc1ccc(Cl)c(-c2ccc(C(=O)O)c(Cl)c2)c1. The van der Waals surface area contributed by atoms with Gasteiger partial charge < -0.3 is 9.84 Å². The summed E-state index contributed by atoms with van der Waals surface area (Å²) in [6, 6.07) is 9.93. The summed E-state index contributed by atoms with van der Waals surface area (Å²) in [5.74, 6) is -0.397. The van der Waals surface area contributed by atoms with Crippen molar-refractivity contribution in [3.63, 3.8) is 0 Å². The fraction of sp³-hybridized carbons (Fsp3) is 0.0714. The molecule has 0 radical (unpaired) electrons. The molecule has 2 aromatic rings. The molecule has 0 aliphatic rings. The monoisotopic (exact) mass is 296 g/mol. The van der Waals surface area contributed by atoms with Crippen molar-refractivity contribution in [2.24, 2.45) is 0 Å². The average Bonchev–Trinajstić information content (AvgIpc) is 2.38. The average molecular weight is 297 g/mol. The standard InChI is InChI=1S/C14H10Cl2O3/c1-19-9-3-5-12(15)11(7-9)8-2-4-10(14(17)18)13(16)6-8/h2-7H,1H3,(H,17,18). The lowest BCUT2D eigenvalue weighted by atomic mass is 10.0. The van der Waals surface area contributed by atoms with E-state index in [0.29, 0.717) is 10.8 Å². The molecule has 19 heavy (non-hydrogen) atoms. The fourth-order valence-corrected chi connectivity index (χ4v) is 2.20. The normalized spacial score (nSPS) is 10.3. The lowest BCUT2D eigenvalue weighted by molar-refractivity contribution is 0.0697. The number of carboxylic acid groups (broad SMARTS) is 1. The van der Waals surface area contributed by atoms with Crippen molar-refractivity contribution < 1.29 is 14.6 Å². The molecule has 3 nitrogen and oxygen atoms in total. The zero-order chi connectivity index (χ0) is 14.0. The number of methoxy groups -OCH3 is 1. The number of hydrogen-bond acceptors (Lipinski definition) is 2. The summed E-state index contributed by atoms with van der Waals surface area (Å²) >= 11 is 12.1. The molecule has 98 valence electrons. The number of benzene rings is 2. The van der Waals surface area contributed by atoms with Gasteiger partial charge in [0, 0.05) is 10.6 Å². The molecule has 5 heteroatoms. The molecule has 0 saturated carbocycles. The smallest absolute Gasteiger partial charge is 0.337 e. The first-order chi connectivity index (χ1) is 9.02. The zero-order valence-corrected chi connectivity index (χ0v) is 11.5. The maximum atomic E-state index is 10.9. The minimum absolute atomic E-state index is 0.0597. The summed E-state index contributed by atoms with van der Waals surface area (Å²) in [7, 11) is 1.56. The van der Waals surface area contributed by atoms with Crippen LogP contribution in [0.15, 0.2) is 36.4 Å². The van der Waals surface area contributed by atoms with Crippen molar-refractivity contribution in [1.82, 2.24) is 0 Å². The van der Waals surface area contributed by atoms with Gasteiger partial charge in [-0.2, -0.15) is 0 Å². The molecule has 0 spiro atoms. The summed E-state index contributed by atoms with van der Waals surface area (Å²) in [5.41, 5.74) is 1.53. The van der Waals surface area contributed by atoms with Crippen LogP contribution >= 0.6 is 23.2 Å². The number of aromatic carboxylic acids is 1. The van der Waals surface area contributed by atoms with Crippen LogP contribution in [0, 0.1) is 0 Å². The van der Waals surface area contributed by atoms with E-state index in [0.717, 1.165) is 11.1 Å². The molecular weight excluding hydrogens is 287 g/mol. The number of halogens is 2. The second-order valence-electron chi connectivity index (χ2n) is 3.85. The highest BCUT2D eigenvalue weighted by Crippen LogP contribution is 2.33. The molecule has 0 heterocycles. The third-order valence-corrected chi connectivity index (χ3v) is 3.33. The molecule has 0 aromatic heterocycles. The molecule has 0 aliphatic carbocycles. The van der Waals surface area contributed by atoms with Crippen LogP contribution in [0.2, 0.25) is 10.0 Å². The van der Waals surface area contributed by atoms with E-state index in [-0.39, 0.29) is 10.6 Å². The largest absolute Gasteiger partial charge is 0.497 e. The first kappa shape index (κ1) is 13.7. The lowest BCUT2D eigenvalue weighted by Crippen LogP contribution is -1.97. The molecule has 0 fully saturated rings. The van der Waals surface area contributed by atoms with Crippen LogP contribution in [0.5, 0.6) is 5.75 Å². The number of hydrogen-bond donors (Lipinski definition) is 1. The maximum absolute atomic E-state index is 10.9. The Kier molecular flexibility index (Phi) is 3.98. The van der Waals surface area contributed by atoms with E-state index in [9.17, 15) is 4.79 Å². The Labute approximate surface area is 120 Å². The van der Waals surface area contributed by atoms with Gasteiger partial charge >= 0.3 is 5.97 Å². The second-order valence-corrected chi connectivity index (χ2v) is 4.66. The molecule has 2 aromatic carbocycles. The Morgan fingerprint density at radius 1 is 1.11 bits per heavy atom. The third kappa shape index (κ3) is 2.83. The Hall–Kier alpha value is -1.71. The van der Waals surface area contributed by atoms with Gasteiger partial charge in [-0.1, -0.05) is 29.3 Å². The molecule has 0 bridgehead atoms. The predicted octanol–water partition coefficient (Wildman–Crippen LogP) is 4.37. The first-order valence-corrected chi connectivity index (χ1v) is 6.15. The summed E-state index contributed by atoms with van der Waals surface area (Å²) in [4.78, 5) is 10.9. The third-order valence-electron chi connectivity index (χ3n) is 2.68. The van der Waals surface area contributed by atoms with E-state index in [1.54, 1.807) is 37.4 Å². The summed E-state index contributed by atoms with van der Waals surface area (Å²) in [5, 5.41) is 9.65.